The number of hydrogen-bond acceptors (Lipinski definition) is 5. The van der Waals surface area contributed by atoms with Gasteiger partial charge in [-0.25, -0.2) is 14.8 Å². The van der Waals surface area contributed by atoms with E-state index in [0.29, 0.717) is 18.9 Å². The third-order valence-electron chi connectivity index (χ3n) is 2.64. The molecule has 2 rings (SSSR count). The van der Waals surface area contributed by atoms with Crippen LogP contribution in [0.15, 0.2) is 6.07 Å². The first-order chi connectivity index (χ1) is 8.08. The maximum atomic E-state index is 11.1. The van der Waals surface area contributed by atoms with Crippen molar-refractivity contribution in [3.05, 3.63) is 17.0 Å². The molecule has 0 aromatic carbocycles. The van der Waals surface area contributed by atoms with Crippen LogP contribution in [0, 0.1) is 6.92 Å². The summed E-state index contributed by atoms with van der Waals surface area (Å²) in [5, 5.41) is 12.3. The second-order valence-electron chi connectivity index (χ2n) is 3.89. The Balaban J connectivity index is 2.32. The van der Waals surface area contributed by atoms with Crippen molar-refractivity contribution in [3.63, 3.8) is 0 Å². The number of aryl methyl sites for hydroxylation is 1. The van der Waals surface area contributed by atoms with Gasteiger partial charge >= 0.3 is 5.97 Å². The number of anilines is 1. The van der Waals surface area contributed by atoms with Crippen LogP contribution in [-0.2, 0) is 4.79 Å². The van der Waals surface area contributed by atoms with E-state index in [2.05, 4.69) is 15.3 Å². The molecule has 0 radical (unpaired) electrons. The first-order valence-corrected chi connectivity index (χ1v) is 5.67. The Morgan fingerprint density at radius 1 is 1.65 bits per heavy atom. The molecule has 1 fully saturated rings. The van der Waals surface area contributed by atoms with Gasteiger partial charge in [-0.15, -0.1) is 0 Å². The molecule has 1 aromatic heterocycles. The Kier molecular flexibility index (Phi) is 3.44. The summed E-state index contributed by atoms with van der Waals surface area (Å²) in [6.45, 7) is 3.51. The topological polar surface area (TPSA) is 78.4 Å². The third kappa shape index (κ3) is 2.65. The average Bonchev–Trinajstić information content (AvgIpc) is 2.27. The molecule has 1 aliphatic rings. The molecule has 1 aliphatic heterocycles. The van der Waals surface area contributed by atoms with E-state index >= 15 is 0 Å². The fraction of sp³-hybridized carbons (Fsp3) is 0.500. The Bertz CT molecular complexity index is 420. The van der Waals surface area contributed by atoms with Gasteiger partial charge in [0.1, 0.15) is 11.9 Å². The zero-order valence-corrected chi connectivity index (χ0v) is 10.1. The number of aromatic nitrogens is 2. The van der Waals surface area contributed by atoms with Gasteiger partial charge in [-0.1, -0.05) is 0 Å². The van der Waals surface area contributed by atoms with Crippen LogP contribution in [-0.4, -0.2) is 46.7 Å². The molecule has 1 atom stereocenters. The normalized spacial score (nSPS) is 20.4. The number of halogens is 1. The zero-order chi connectivity index (χ0) is 12.4. The largest absolute Gasteiger partial charge is 0.480 e. The van der Waals surface area contributed by atoms with Gasteiger partial charge in [-0.05, 0) is 18.5 Å². The van der Waals surface area contributed by atoms with Crippen LogP contribution in [0.4, 0.5) is 5.82 Å². The molecular formula is C10H13ClN4O2. The Labute approximate surface area is 104 Å². The summed E-state index contributed by atoms with van der Waals surface area (Å²) in [4.78, 5) is 20.9. The summed E-state index contributed by atoms with van der Waals surface area (Å²) >= 11 is 5.78. The lowest BCUT2D eigenvalue weighted by Crippen LogP contribution is -2.55. The molecule has 0 unspecified atom stereocenters. The molecule has 2 N–H and O–H groups in total. The van der Waals surface area contributed by atoms with Gasteiger partial charge in [0.25, 0.3) is 0 Å². The number of piperazine rings is 1. The number of carbonyl (C=O) groups is 1. The fourth-order valence-corrected chi connectivity index (χ4v) is 2.08. The molecule has 6 nitrogen and oxygen atoms in total. The number of nitrogens with one attached hydrogen (secondary N) is 1. The smallest absolute Gasteiger partial charge is 0.327 e. The van der Waals surface area contributed by atoms with Crippen molar-refractivity contribution in [2.24, 2.45) is 0 Å². The number of aliphatic carboxylic acids is 1. The number of hydrogen-bond donors (Lipinski definition) is 2. The predicted octanol–water partition coefficient (Wildman–Crippen LogP) is 0.301. The van der Waals surface area contributed by atoms with Crippen LogP contribution < -0.4 is 10.2 Å². The van der Waals surface area contributed by atoms with Crippen molar-refractivity contribution in [2.75, 3.05) is 24.5 Å². The fourth-order valence-electron chi connectivity index (χ4n) is 1.86. The maximum Gasteiger partial charge on any atom is 0.327 e. The Hall–Kier alpha value is -1.40. The van der Waals surface area contributed by atoms with E-state index in [1.54, 1.807) is 17.9 Å². The van der Waals surface area contributed by atoms with Gasteiger partial charge in [-0.2, -0.15) is 0 Å². The van der Waals surface area contributed by atoms with Crippen LogP contribution in [0.1, 0.15) is 5.69 Å². The summed E-state index contributed by atoms with van der Waals surface area (Å²) in [7, 11) is 0. The molecule has 0 spiro atoms. The van der Waals surface area contributed by atoms with Crippen molar-refractivity contribution in [1.82, 2.24) is 15.3 Å². The first kappa shape index (κ1) is 12.1. The average molecular weight is 257 g/mol. The van der Waals surface area contributed by atoms with E-state index in [9.17, 15) is 4.79 Å². The van der Waals surface area contributed by atoms with E-state index < -0.39 is 12.0 Å². The summed E-state index contributed by atoms with van der Waals surface area (Å²) in [6.07, 6.45) is 0. The number of rotatable bonds is 2. The monoisotopic (exact) mass is 256 g/mol. The second-order valence-corrected chi connectivity index (χ2v) is 4.23. The molecule has 0 bridgehead atoms. The third-order valence-corrected chi connectivity index (χ3v) is 2.81. The number of nitrogens with zero attached hydrogens (tertiary/aromatic N) is 3. The van der Waals surface area contributed by atoms with E-state index in [1.807, 2.05) is 0 Å². The summed E-state index contributed by atoms with van der Waals surface area (Å²) in [6, 6.07) is 1.13. The van der Waals surface area contributed by atoms with Crippen LogP contribution in [0.5, 0.6) is 0 Å². The minimum absolute atomic E-state index is 0.141. The van der Waals surface area contributed by atoms with Crippen molar-refractivity contribution in [2.45, 2.75) is 13.0 Å². The second kappa shape index (κ2) is 4.85. The van der Waals surface area contributed by atoms with E-state index in [4.69, 9.17) is 16.7 Å². The quantitative estimate of drug-likeness (QED) is 0.741. The lowest BCUT2D eigenvalue weighted by Gasteiger charge is -2.34. The van der Waals surface area contributed by atoms with E-state index in [-0.39, 0.29) is 5.28 Å². The van der Waals surface area contributed by atoms with E-state index in [1.165, 1.54) is 0 Å². The molecule has 2 heterocycles. The van der Waals surface area contributed by atoms with Crippen LogP contribution in [0.25, 0.3) is 0 Å². The van der Waals surface area contributed by atoms with Crippen LogP contribution >= 0.6 is 11.6 Å². The summed E-state index contributed by atoms with van der Waals surface area (Å²) < 4.78 is 0. The molecular weight excluding hydrogens is 244 g/mol. The van der Waals surface area contributed by atoms with Gasteiger partial charge in [-0.3, -0.25) is 0 Å². The molecule has 92 valence electrons. The van der Waals surface area contributed by atoms with E-state index in [0.717, 1.165) is 12.2 Å². The van der Waals surface area contributed by atoms with Gasteiger partial charge in [0.2, 0.25) is 5.28 Å². The number of carboxylic acid groups (broad SMARTS) is 1. The maximum absolute atomic E-state index is 11.1. The minimum atomic E-state index is -0.871. The Morgan fingerprint density at radius 2 is 2.41 bits per heavy atom. The lowest BCUT2D eigenvalue weighted by atomic mass is 10.2. The predicted molar refractivity (Wildman–Crippen MR) is 63.4 cm³/mol. The highest BCUT2D eigenvalue weighted by Gasteiger charge is 2.29. The standard InChI is InChI=1S/C10H13ClN4O2/c1-6-4-8(14-10(11)13-6)15-3-2-12-5-7(15)9(16)17/h4,7,12H,2-3,5H2,1H3,(H,16,17)/t7-/m1/s1. The molecule has 0 saturated carbocycles. The minimum Gasteiger partial charge on any atom is -0.480 e. The summed E-state index contributed by atoms with van der Waals surface area (Å²) in [5.41, 5.74) is 0.725. The van der Waals surface area contributed by atoms with Crippen molar-refractivity contribution in [1.29, 1.82) is 0 Å². The van der Waals surface area contributed by atoms with Crippen LogP contribution in [0.3, 0.4) is 0 Å². The molecule has 1 aromatic rings. The van der Waals surface area contributed by atoms with Gasteiger partial charge in [0.15, 0.2) is 0 Å². The van der Waals surface area contributed by atoms with Gasteiger partial charge < -0.3 is 15.3 Å². The van der Waals surface area contributed by atoms with Gasteiger partial charge in [0.05, 0.1) is 0 Å². The molecule has 17 heavy (non-hydrogen) atoms. The first-order valence-electron chi connectivity index (χ1n) is 5.29. The highest BCUT2D eigenvalue weighted by atomic mass is 35.5. The Morgan fingerprint density at radius 3 is 3.06 bits per heavy atom. The highest BCUT2D eigenvalue weighted by molar-refractivity contribution is 6.28. The highest BCUT2D eigenvalue weighted by Crippen LogP contribution is 2.18. The number of carboxylic acids is 1. The SMILES string of the molecule is Cc1cc(N2CCNC[C@@H]2C(=O)O)nc(Cl)n1. The van der Waals surface area contributed by atoms with Crippen LogP contribution in [0.2, 0.25) is 5.28 Å². The summed E-state index contributed by atoms with van der Waals surface area (Å²) in [5.74, 6) is -0.305. The van der Waals surface area contributed by atoms with Crippen molar-refractivity contribution >= 4 is 23.4 Å². The lowest BCUT2D eigenvalue weighted by molar-refractivity contribution is -0.138. The van der Waals surface area contributed by atoms with Gasteiger partial charge in [0, 0.05) is 31.4 Å². The van der Waals surface area contributed by atoms with Crippen molar-refractivity contribution < 1.29 is 9.90 Å². The zero-order valence-electron chi connectivity index (χ0n) is 9.35. The molecule has 1 saturated heterocycles. The van der Waals surface area contributed by atoms with Crippen molar-refractivity contribution in [3.8, 4) is 0 Å². The molecule has 0 aliphatic carbocycles. The molecule has 0 amide bonds. The molecule has 7 heteroatoms.